The molecule has 9 heteroatoms. The summed E-state index contributed by atoms with van der Waals surface area (Å²) in [7, 11) is 1.58. The number of carbonyl (C=O) groups is 1. The lowest BCUT2D eigenvalue weighted by Crippen LogP contribution is -2.47. The van der Waals surface area contributed by atoms with Crippen LogP contribution < -0.4 is 14.4 Å². The molecule has 1 N–H and O–H groups in total. The summed E-state index contributed by atoms with van der Waals surface area (Å²) in [6, 6.07) is 7.49. The highest BCUT2D eigenvalue weighted by atomic mass is 35.5. The smallest absolute Gasteiger partial charge is 0.302 e. The fraction of sp³-hybridized carbons (Fsp3) is 0.400. The van der Waals surface area contributed by atoms with Crippen LogP contribution in [0.4, 0.5) is 16.2 Å². The number of benzene rings is 1. The van der Waals surface area contributed by atoms with E-state index in [2.05, 4.69) is 21.5 Å². The molecule has 3 rings (SSSR count). The minimum absolute atomic E-state index is 0.0329. The van der Waals surface area contributed by atoms with Crippen molar-refractivity contribution in [3.8, 4) is 5.88 Å². The van der Waals surface area contributed by atoms with Gasteiger partial charge in [-0.05, 0) is 43.2 Å². The summed E-state index contributed by atoms with van der Waals surface area (Å²) in [5, 5.41) is 1.19. The van der Waals surface area contributed by atoms with Crippen LogP contribution >= 0.6 is 35.1 Å². The number of piperazine rings is 1. The van der Waals surface area contributed by atoms with Crippen molar-refractivity contribution in [1.82, 2.24) is 9.88 Å². The second kappa shape index (κ2) is 9.78. The van der Waals surface area contributed by atoms with E-state index in [4.69, 9.17) is 27.9 Å². The second-order valence-corrected chi connectivity index (χ2v) is 8.35. The molecule has 1 aliphatic rings. The van der Waals surface area contributed by atoms with Crippen LogP contribution in [0.5, 0.6) is 5.88 Å². The van der Waals surface area contributed by atoms with Crippen molar-refractivity contribution in [3.63, 3.8) is 0 Å². The highest BCUT2D eigenvalue weighted by Crippen LogP contribution is 2.29. The second-order valence-electron chi connectivity index (χ2n) is 6.72. The molecule has 6 nitrogen and oxygen atoms in total. The van der Waals surface area contributed by atoms with Crippen molar-refractivity contribution >= 4 is 51.8 Å². The number of aromatic nitrogens is 1. The number of hydrogen-bond acceptors (Lipinski definition) is 6. The third kappa shape index (κ3) is 5.41. The predicted octanol–water partition coefficient (Wildman–Crippen LogP) is 5.27. The number of pyridine rings is 1. The monoisotopic (exact) mass is 454 g/mol. The third-order valence-electron chi connectivity index (χ3n) is 4.86. The van der Waals surface area contributed by atoms with Gasteiger partial charge in [0.05, 0.1) is 7.11 Å². The Kier molecular flexibility index (Phi) is 7.38. The van der Waals surface area contributed by atoms with E-state index in [1.54, 1.807) is 13.2 Å². The van der Waals surface area contributed by atoms with Crippen LogP contribution in [-0.4, -0.2) is 48.4 Å². The lowest BCUT2D eigenvalue weighted by Gasteiger charge is -2.36. The summed E-state index contributed by atoms with van der Waals surface area (Å²) in [6.45, 7) is 6.72. The summed E-state index contributed by atoms with van der Waals surface area (Å²) in [5.74, 6) is 0.489. The number of nitrogens with zero attached hydrogens (tertiary/aromatic N) is 3. The van der Waals surface area contributed by atoms with Crippen molar-refractivity contribution in [2.45, 2.75) is 20.3 Å². The Morgan fingerprint density at radius 1 is 1.17 bits per heavy atom. The van der Waals surface area contributed by atoms with Gasteiger partial charge in [-0.1, -0.05) is 30.1 Å². The van der Waals surface area contributed by atoms with Gasteiger partial charge in [0.2, 0.25) is 5.88 Å². The molecule has 29 heavy (non-hydrogen) atoms. The Morgan fingerprint density at radius 3 is 2.41 bits per heavy atom. The van der Waals surface area contributed by atoms with Crippen molar-refractivity contribution in [1.29, 1.82) is 0 Å². The first-order valence-corrected chi connectivity index (χ1v) is 11.0. The summed E-state index contributed by atoms with van der Waals surface area (Å²) < 4.78 is 8.46. The van der Waals surface area contributed by atoms with Crippen molar-refractivity contribution in [3.05, 3.63) is 45.6 Å². The molecule has 1 amide bonds. The molecule has 0 radical (unpaired) electrons. The molecule has 0 spiro atoms. The highest BCUT2D eigenvalue weighted by Gasteiger charge is 2.23. The topological polar surface area (TPSA) is 57.7 Å². The Bertz CT molecular complexity index is 869. The average molecular weight is 455 g/mol. The number of amides is 1. The lowest BCUT2D eigenvalue weighted by molar-refractivity contribution is 0.219. The molecule has 0 bridgehead atoms. The van der Waals surface area contributed by atoms with Gasteiger partial charge in [0.1, 0.15) is 5.69 Å². The van der Waals surface area contributed by atoms with E-state index < -0.39 is 0 Å². The van der Waals surface area contributed by atoms with Crippen molar-refractivity contribution < 1.29 is 9.53 Å². The molecule has 1 saturated heterocycles. The maximum absolute atomic E-state index is 12.6. The maximum Gasteiger partial charge on any atom is 0.302 e. The average Bonchev–Trinajstić information content (AvgIpc) is 2.71. The molecular formula is C20H24Cl2N4O2S. The van der Waals surface area contributed by atoms with Gasteiger partial charge in [-0.25, -0.2) is 4.98 Å². The summed E-state index contributed by atoms with van der Waals surface area (Å²) in [6.07, 6.45) is 0.867. The number of carbonyl (C=O) groups excluding carboxylic acids is 1. The number of halogens is 2. The van der Waals surface area contributed by atoms with E-state index in [9.17, 15) is 4.79 Å². The van der Waals surface area contributed by atoms with Crippen LogP contribution in [0.1, 0.15) is 18.2 Å². The first kappa shape index (κ1) is 21.9. The molecular weight excluding hydrogens is 431 g/mol. The Labute approximate surface area is 185 Å². The van der Waals surface area contributed by atoms with Crippen LogP contribution in [0.25, 0.3) is 0 Å². The van der Waals surface area contributed by atoms with Gasteiger partial charge >= 0.3 is 5.24 Å². The molecule has 1 aliphatic heterocycles. The quantitative estimate of drug-likeness (QED) is 0.620. The minimum Gasteiger partial charge on any atom is -0.479 e. The number of aryl methyl sites for hydroxylation is 2. The molecule has 2 heterocycles. The van der Waals surface area contributed by atoms with Crippen LogP contribution in [0.2, 0.25) is 10.0 Å². The number of anilines is 2. The van der Waals surface area contributed by atoms with E-state index >= 15 is 0 Å². The standard InChI is InChI=1S/C20H24Cl2N4O2S/c1-4-14-9-18(19(28-3)23-13(14)2)24-29-20(27)26-7-5-25(6-8-26)17-11-15(21)10-16(22)12-17/h9-12,24H,4-8H2,1-3H3. The fourth-order valence-corrected chi connectivity index (χ4v) is 4.41. The highest BCUT2D eigenvalue weighted by molar-refractivity contribution is 8.14. The number of hydrogen-bond donors (Lipinski definition) is 1. The largest absolute Gasteiger partial charge is 0.479 e. The van der Waals surface area contributed by atoms with Crippen LogP contribution in [0, 0.1) is 6.92 Å². The number of ether oxygens (including phenoxy) is 1. The van der Waals surface area contributed by atoms with Crippen LogP contribution in [0.15, 0.2) is 24.3 Å². The minimum atomic E-state index is -0.0329. The van der Waals surface area contributed by atoms with Crippen LogP contribution in [-0.2, 0) is 6.42 Å². The van der Waals surface area contributed by atoms with E-state index in [1.807, 2.05) is 30.0 Å². The summed E-state index contributed by atoms with van der Waals surface area (Å²) in [4.78, 5) is 21.1. The third-order valence-corrected chi connectivity index (χ3v) is 6.05. The Balaban J connectivity index is 1.58. The lowest BCUT2D eigenvalue weighted by atomic mass is 10.1. The van der Waals surface area contributed by atoms with Gasteiger partial charge in [0.25, 0.3) is 0 Å². The fourth-order valence-electron chi connectivity index (χ4n) is 3.24. The van der Waals surface area contributed by atoms with Gasteiger partial charge in [0, 0.05) is 59.6 Å². The first-order chi connectivity index (χ1) is 13.9. The normalized spacial score (nSPS) is 14.1. The van der Waals surface area contributed by atoms with Gasteiger partial charge < -0.3 is 19.3 Å². The zero-order valence-corrected chi connectivity index (χ0v) is 19.0. The van der Waals surface area contributed by atoms with Gasteiger partial charge in [0.15, 0.2) is 0 Å². The maximum atomic E-state index is 12.6. The molecule has 156 valence electrons. The zero-order chi connectivity index (χ0) is 21.0. The summed E-state index contributed by atoms with van der Waals surface area (Å²) in [5.41, 5.74) is 3.74. The molecule has 0 saturated carbocycles. The van der Waals surface area contributed by atoms with E-state index in [0.717, 1.165) is 48.4 Å². The SMILES string of the molecule is CCc1cc(NSC(=O)N2CCN(c3cc(Cl)cc(Cl)c3)CC2)c(OC)nc1C. The predicted molar refractivity (Wildman–Crippen MR) is 122 cm³/mol. The summed E-state index contributed by atoms with van der Waals surface area (Å²) >= 11 is 13.3. The van der Waals surface area contributed by atoms with E-state index in [1.165, 1.54) is 0 Å². The van der Waals surface area contributed by atoms with Crippen molar-refractivity contribution in [2.24, 2.45) is 0 Å². The molecule has 1 fully saturated rings. The van der Waals surface area contributed by atoms with Crippen molar-refractivity contribution in [2.75, 3.05) is 42.9 Å². The van der Waals surface area contributed by atoms with Gasteiger partial charge in [-0.3, -0.25) is 4.79 Å². The van der Waals surface area contributed by atoms with Gasteiger partial charge in [-0.2, -0.15) is 0 Å². The zero-order valence-electron chi connectivity index (χ0n) is 16.7. The molecule has 1 aromatic heterocycles. The van der Waals surface area contributed by atoms with E-state index in [-0.39, 0.29) is 5.24 Å². The molecule has 0 aliphatic carbocycles. The molecule has 0 unspecified atom stereocenters. The Morgan fingerprint density at radius 2 is 1.83 bits per heavy atom. The first-order valence-electron chi connectivity index (χ1n) is 9.38. The van der Waals surface area contributed by atoms with Gasteiger partial charge in [-0.15, -0.1) is 0 Å². The Hall–Kier alpha value is -1.83. The van der Waals surface area contributed by atoms with Crippen LogP contribution in [0.3, 0.4) is 0 Å². The molecule has 1 aromatic carbocycles. The number of nitrogens with one attached hydrogen (secondary N) is 1. The molecule has 0 atom stereocenters. The van der Waals surface area contributed by atoms with E-state index in [0.29, 0.717) is 34.7 Å². The number of rotatable bonds is 5. The molecule has 2 aromatic rings. The number of methoxy groups -OCH3 is 1.